The molecule has 0 aliphatic rings. The first-order chi connectivity index (χ1) is 5.41. The summed E-state index contributed by atoms with van der Waals surface area (Å²) in [7, 11) is -4.67. The van der Waals surface area contributed by atoms with Crippen LogP contribution in [0.1, 0.15) is 6.92 Å². The van der Waals surface area contributed by atoms with E-state index in [1.165, 1.54) is 0 Å². The van der Waals surface area contributed by atoms with Gasteiger partial charge in [0.05, 0.1) is 0 Å². The molecular formula is C2H16MoN2O9S. The Balaban J connectivity index is -0.0000000322. The molecular weight excluding hydrogens is 324 g/mol. The maximum absolute atomic E-state index is 8.74. The molecule has 0 unspecified atom stereocenters. The maximum atomic E-state index is 8.74. The Kier molecular flexibility index (Phi) is 27.3. The molecule has 0 saturated heterocycles. The minimum atomic E-state index is -6.02. The first-order valence-corrected chi connectivity index (χ1v) is 7.06. The molecule has 11 nitrogen and oxygen atoms in total. The summed E-state index contributed by atoms with van der Waals surface area (Å²) >= 11 is -6.02. The summed E-state index contributed by atoms with van der Waals surface area (Å²) in [5.74, 6) is 0. The third kappa shape index (κ3) is 1150000. The van der Waals surface area contributed by atoms with Gasteiger partial charge in [-0.2, -0.15) is 8.42 Å². The number of aliphatic hydroxyl groups excluding tert-OH is 1. The average Bonchev–Trinajstić information content (AvgIpc) is 1.52. The quantitative estimate of drug-likeness (QED) is 0.230. The molecule has 0 fully saturated rings. The number of aliphatic hydroxyl groups is 1. The molecule has 0 aromatic rings. The van der Waals surface area contributed by atoms with Crippen LogP contribution in [0.4, 0.5) is 0 Å². The molecule has 0 aromatic heterocycles. The van der Waals surface area contributed by atoms with Crippen LogP contribution in [0.25, 0.3) is 0 Å². The SMILES string of the molecule is CCO.O=S(=O)(O)O.[NH4+].[NH4+].[O]=[Mo](=[O])([O-])[O-]. The fraction of sp³-hybridized carbons (Fsp3) is 1.00. The second-order valence-corrected chi connectivity index (χ2v) is 4.07. The molecule has 15 heavy (non-hydrogen) atoms. The summed E-state index contributed by atoms with van der Waals surface area (Å²) in [5.41, 5.74) is 0. The Hall–Kier alpha value is -0.0417. The van der Waals surface area contributed by atoms with Gasteiger partial charge in [0.1, 0.15) is 0 Å². The molecule has 0 aromatic carbocycles. The van der Waals surface area contributed by atoms with E-state index in [4.69, 9.17) is 36.9 Å². The molecule has 0 rings (SSSR count). The fourth-order valence-electron chi connectivity index (χ4n) is 0. The van der Waals surface area contributed by atoms with Crippen molar-refractivity contribution in [1.82, 2.24) is 12.3 Å². The van der Waals surface area contributed by atoms with Crippen LogP contribution in [-0.2, 0) is 33.9 Å². The predicted octanol–water partition coefficient (Wildman–Crippen LogP) is -2.52. The fourth-order valence-corrected chi connectivity index (χ4v) is 0. The van der Waals surface area contributed by atoms with Crippen molar-refractivity contribution in [2.45, 2.75) is 6.92 Å². The van der Waals surface area contributed by atoms with Gasteiger partial charge in [-0.3, -0.25) is 9.11 Å². The van der Waals surface area contributed by atoms with Crippen molar-refractivity contribution in [2.24, 2.45) is 0 Å². The van der Waals surface area contributed by atoms with Crippen molar-refractivity contribution in [3.05, 3.63) is 0 Å². The van der Waals surface area contributed by atoms with Crippen LogP contribution >= 0.6 is 0 Å². The zero-order valence-corrected chi connectivity index (χ0v) is 11.1. The summed E-state index contributed by atoms with van der Waals surface area (Å²) in [5, 5.41) is 7.57. The third-order valence-electron chi connectivity index (χ3n) is 0. The summed E-state index contributed by atoms with van der Waals surface area (Å²) < 4.78 is 66.1. The van der Waals surface area contributed by atoms with Gasteiger partial charge in [-0.15, -0.1) is 0 Å². The van der Waals surface area contributed by atoms with E-state index in [9.17, 15) is 0 Å². The van der Waals surface area contributed by atoms with Crippen LogP contribution in [0.15, 0.2) is 0 Å². The van der Waals surface area contributed by atoms with Gasteiger partial charge in [0.25, 0.3) is 0 Å². The Morgan fingerprint density at radius 3 is 1.13 bits per heavy atom. The molecule has 11 N–H and O–H groups in total. The first kappa shape index (κ1) is 29.4. The van der Waals surface area contributed by atoms with Gasteiger partial charge >= 0.3 is 41.5 Å². The molecule has 0 saturated carbocycles. The van der Waals surface area contributed by atoms with Gasteiger partial charge in [0.2, 0.25) is 0 Å². The summed E-state index contributed by atoms with van der Waals surface area (Å²) in [6, 6.07) is 0. The van der Waals surface area contributed by atoms with E-state index >= 15 is 0 Å². The number of hydrogen-bond donors (Lipinski definition) is 5. The Labute approximate surface area is 90.2 Å². The van der Waals surface area contributed by atoms with Crippen LogP contribution in [0.3, 0.4) is 0 Å². The molecule has 0 heterocycles. The number of rotatable bonds is 0. The van der Waals surface area contributed by atoms with E-state index in [2.05, 4.69) is 0 Å². The molecule has 0 bridgehead atoms. The van der Waals surface area contributed by atoms with Gasteiger partial charge < -0.3 is 17.4 Å². The van der Waals surface area contributed by atoms with E-state index in [1.807, 2.05) is 0 Å². The molecule has 0 atom stereocenters. The van der Waals surface area contributed by atoms with Gasteiger partial charge in [-0.25, -0.2) is 0 Å². The van der Waals surface area contributed by atoms with Crippen molar-refractivity contribution in [2.75, 3.05) is 6.61 Å². The molecule has 0 amide bonds. The van der Waals surface area contributed by atoms with E-state index in [0.717, 1.165) is 0 Å². The summed E-state index contributed by atoms with van der Waals surface area (Å²) in [4.78, 5) is 0. The van der Waals surface area contributed by atoms with Crippen molar-refractivity contribution in [3.8, 4) is 0 Å². The monoisotopic (exact) mass is 342 g/mol. The van der Waals surface area contributed by atoms with Crippen LogP contribution < -0.4 is 19.8 Å². The number of hydrogen-bond acceptors (Lipinski definition) is 7. The molecule has 0 aliphatic carbocycles. The normalized spacial score (nSPS) is 8.93. The summed E-state index contributed by atoms with van der Waals surface area (Å²) in [6.07, 6.45) is 0. The van der Waals surface area contributed by atoms with Crippen molar-refractivity contribution >= 4 is 10.4 Å². The Morgan fingerprint density at radius 1 is 1.13 bits per heavy atom. The third-order valence-corrected chi connectivity index (χ3v) is 0. The average molecular weight is 340 g/mol. The van der Waals surface area contributed by atoms with Crippen LogP contribution in [0.2, 0.25) is 0 Å². The summed E-state index contributed by atoms with van der Waals surface area (Å²) in [6.45, 7) is 1.93. The molecule has 0 radical (unpaired) electrons. The first-order valence-electron chi connectivity index (χ1n) is 2.39. The molecule has 0 spiro atoms. The van der Waals surface area contributed by atoms with E-state index in [1.54, 1.807) is 6.92 Å². The van der Waals surface area contributed by atoms with Gasteiger partial charge in [0.15, 0.2) is 0 Å². The zero-order valence-electron chi connectivity index (χ0n) is 8.31. The van der Waals surface area contributed by atoms with E-state index < -0.39 is 27.1 Å². The second-order valence-electron chi connectivity index (χ2n) is 1.17. The van der Waals surface area contributed by atoms with Crippen molar-refractivity contribution in [3.63, 3.8) is 0 Å². The van der Waals surface area contributed by atoms with E-state index in [0.29, 0.717) is 0 Å². The minimum absolute atomic E-state index is 0. The van der Waals surface area contributed by atoms with Crippen molar-refractivity contribution in [1.29, 1.82) is 0 Å². The topological polar surface area (TPSA) is 248 Å². The zero-order chi connectivity index (χ0) is 11.7. The van der Waals surface area contributed by atoms with Crippen LogP contribution in [0.5, 0.6) is 0 Å². The Morgan fingerprint density at radius 2 is 1.13 bits per heavy atom. The van der Waals surface area contributed by atoms with Crippen LogP contribution in [0, 0.1) is 0 Å². The number of quaternary nitrogens is 2. The standard InChI is InChI=1S/C2H6O.Mo.2H3N.H2O4S.4O/c1-2-3;;;;1-5(2,3)4;;;;/h3H,2H2,1H3;;2*1H3;(H2,1,2,3,4);;;;/q;;;;;;;2*-1/p+2. The Bertz CT molecular complexity index is 235. The molecule has 100 valence electrons. The van der Waals surface area contributed by atoms with Crippen molar-refractivity contribution < 1.29 is 53.7 Å². The molecule has 13 heteroatoms. The van der Waals surface area contributed by atoms with Crippen LogP contribution in [-0.4, -0.2) is 29.2 Å². The van der Waals surface area contributed by atoms with E-state index in [-0.39, 0.29) is 18.9 Å². The van der Waals surface area contributed by atoms with Gasteiger partial charge in [0, 0.05) is 6.61 Å². The molecule has 0 aliphatic heterocycles. The van der Waals surface area contributed by atoms with Gasteiger partial charge in [-0.1, -0.05) is 0 Å². The second kappa shape index (κ2) is 14.0. The van der Waals surface area contributed by atoms with Gasteiger partial charge in [-0.05, 0) is 6.92 Å². The predicted molar refractivity (Wildman–Crippen MR) is 40.3 cm³/mol.